The maximum Gasteiger partial charge on any atom is 0.341 e. The minimum atomic E-state index is -0.853. The average Bonchev–Trinajstić information content (AvgIpc) is 2.54. The summed E-state index contributed by atoms with van der Waals surface area (Å²) < 4.78 is 9.61. The molecule has 0 aromatic heterocycles. The highest BCUT2D eigenvalue weighted by molar-refractivity contribution is 6.46. The fourth-order valence-corrected chi connectivity index (χ4v) is 2.34. The first kappa shape index (κ1) is 20.5. The molecular weight excluding hydrogens is 381 g/mol. The first-order chi connectivity index (χ1) is 11.4. The quantitative estimate of drug-likeness (QED) is 0.414. The van der Waals surface area contributed by atoms with Crippen molar-refractivity contribution in [3.05, 3.63) is 32.8 Å². The summed E-state index contributed by atoms with van der Waals surface area (Å²) in [7, 11) is 0. The van der Waals surface area contributed by atoms with Gasteiger partial charge in [-0.15, -0.1) is 0 Å². The van der Waals surface area contributed by atoms with Crippen molar-refractivity contribution in [2.75, 3.05) is 19.8 Å². The van der Waals surface area contributed by atoms with Gasteiger partial charge < -0.3 is 14.8 Å². The van der Waals surface area contributed by atoms with Crippen molar-refractivity contribution in [1.29, 1.82) is 0 Å². The third-order valence-corrected chi connectivity index (χ3v) is 3.89. The molecule has 0 fully saturated rings. The number of benzene rings is 1. The van der Waals surface area contributed by atoms with Gasteiger partial charge in [0, 0.05) is 13.0 Å². The van der Waals surface area contributed by atoms with E-state index in [-0.39, 0.29) is 39.6 Å². The SMILES string of the molecule is CCOC(=O)CCCNC(=O)COC(=O)c1c(Cl)ccc(Cl)c1Cl. The van der Waals surface area contributed by atoms with Gasteiger partial charge in [0.25, 0.3) is 5.91 Å². The normalized spacial score (nSPS) is 10.2. The molecule has 1 rings (SSSR count). The van der Waals surface area contributed by atoms with Crippen LogP contribution in [0.25, 0.3) is 0 Å². The van der Waals surface area contributed by atoms with E-state index in [2.05, 4.69) is 5.32 Å². The molecule has 0 saturated carbocycles. The summed E-state index contributed by atoms with van der Waals surface area (Å²) in [5.41, 5.74) is -0.0963. The number of hydrogen-bond donors (Lipinski definition) is 1. The highest BCUT2D eigenvalue weighted by atomic mass is 35.5. The number of carbonyl (C=O) groups is 3. The lowest BCUT2D eigenvalue weighted by atomic mass is 10.2. The Labute approximate surface area is 154 Å². The number of hydrogen-bond acceptors (Lipinski definition) is 5. The highest BCUT2D eigenvalue weighted by Crippen LogP contribution is 2.31. The van der Waals surface area contributed by atoms with Gasteiger partial charge in [0.05, 0.1) is 27.2 Å². The van der Waals surface area contributed by atoms with Gasteiger partial charge in [0.15, 0.2) is 6.61 Å². The number of esters is 2. The Bertz CT molecular complexity index is 621. The van der Waals surface area contributed by atoms with Gasteiger partial charge in [0.2, 0.25) is 0 Å². The van der Waals surface area contributed by atoms with Crippen LogP contribution < -0.4 is 5.32 Å². The van der Waals surface area contributed by atoms with E-state index in [1.165, 1.54) is 12.1 Å². The molecule has 0 bridgehead atoms. The van der Waals surface area contributed by atoms with Crippen LogP contribution in [0.1, 0.15) is 30.1 Å². The lowest BCUT2D eigenvalue weighted by Crippen LogP contribution is -2.30. The Kier molecular flexibility index (Phi) is 8.89. The Morgan fingerprint density at radius 3 is 2.42 bits per heavy atom. The van der Waals surface area contributed by atoms with E-state index < -0.39 is 18.5 Å². The number of halogens is 3. The lowest BCUT2D eigenvalue weighted by molar-refractivity contribution is -0.143. The Morgan fingerprint density at radius 2 is 1.75 bits per heavy atom. The molecule has 0 aliphatic heterocycles. The van der Waals surface area contributed by atoms with Crippen LogP contribution in [0.15, 0.2) is 12.1 Å². The molecule has 0 atom stereocenters. The number of rotatable bonds is 8. The van der Waals surface area contributed by atoms with Gasteiger partial charge >= 0.3 is 11.9 Å². The molecule has 0 radical (unpaired) electrons. The molecule has 0 unspecified atom stereocenters. The zero-order chi connectivity index (χ0) is 18.1. The molecule has 24 heavy (non-hydrogen) atoms. The summed E-state index contributed by atoms with van der Waals surface area (Å²) >= 11 is 17.6. The van der Waals surface area contributed by atoms with Gasteiger partial charge in [-0.2, -0.15) is 0 Å². The first-order valence-electron chi connectivity index (χ1n) is 7.09. The molecule has 1 aromatic rings. The lowest BCUT2D eigenvalue weighted by Gasteiger charge is -2.09. The fourth-order valence-electron chi connectivity index (χ4n) is 1.66. The summed E-state index contributed by atoms with van der Waals surface area (Å²) in [6, 6.07) is 2.85. The van der Waals surface area contributed by atoms with Gasteiger partial charge in [-0.25, -0.2) is 4.79 Å². The van der Waals surface area contributed by atoms with E-state index in [9.17, 15) is 14.4 Å². The molecule has 1 N–H and O–H groups in total. The number of nitrogens with one attached hydrogen (secondary N) is 1. The van der Waals surface area contributed by atoms with Crippen LogP contribution in [0.5, 0.6) is 0 Å². The van der Waals surface area contributed by atoms with Gasteiger partial charge in [-0.3, -0.25) is 9.59 Å². The number of ether oxygens (including phenoxy) is 2. The molecule has 0 heterocycles. The topological polar surface area (TPSA) is 81.7 Å². The van der Waals surface area contributed by atoms with Crippen LogP contribution >= 0.6 is 34.8 Å². The summed E-state index contributed by atoms with van der Waals surface area (Å²) in [5, 5.41) is 2.70. The van der Waals surface area contributed by atoms with Crippen LogP contribution in [-0.4, -0.2) is 37.6 Å². The van der Waals surface area contributed by atoms with Crippen LogP contribution in [0.2, 0.25) is 15.1 Å². The number of carbonyl (C=O) groups excluding carboxylic acids is 3. The van der Waals surface area contributed by atoms with E-state index >= 15 is 0 Å². The molecule has 132 valence electrons. The second-order valence-electron chi connectivity index (χ2n) is 4.55. The predicted octanol–water partition coefficient (Wildman–Crippen LogP) is 3.26. The van der Waals surface area contributed by atoms with Crippen molar-refractivity contribution in [1.82, 2.24) is 5.32 Å². The molecule has 0 aliphatic rings. The summed E-state index contributed by atoms with van der Waals surface area (Å²) in [4.78, 5) is 34.6. The average molecular weight is 397 g/mol. The van der Waals surface area contributed by atoms with Crippen molar-refractivity contribution in [3.8, 4) is 0 Å². The smallest absolute Gasteiger partial charge is 0.341 e. The molecule has 1 aromatic carbocycles. The molecule has 1 amide bonds. The van der Waals surface area contributed by atoms with Gasteiger partial charge in [-0.1, -0.05) is 34.8 Å². The maximum atomic E-state index is 11.9. The maximum absolute atomic E-state index is 11.9. The molecular formula is C15H16Cl3NO5. The molecule has 0 spiro atoms. The second-order valence-corrected chi connectivity index (χ2v) is 5.75. The minimum Gasteiger partial charge on any atom is -0.466 e. The Hall–Kier alpha value is -1.50. The van der Waals surface area contributed by atoms with Crippen LogP contribution in [0.4, 0.5) is 0 Å². The Morgan fingerprint density at radius 1 is 1.08 bits per heavy atom. The minimum absolute atomic E-state index is 0.0380. The van der Waals surface area contributed by atoms with Crippen molar-refractivity contribution in [3.63, 3.8) is 0 Å². The third-order valence-electron chi connectivity index (χ3n) is 2.77. The summed E-state index contributed by atoms with van der Waals surface area (Å²) in [5.74, 6) is -1.70. The largest absolute Gasteiger partial charge is 0.466 e. The van der Waals surface area contributed by atoms with E-state index in [4.69, 9.17) is 44.3 Å². The van der Waals surface area contributed by atoms with Crippen molar-refractivity contribution in [2.45, 2.75) is 19.8 Å². The van der Waals surface area contributed by atoms with E-state index in [0.717, 1.165) is 0 Å². The highest BCUT2D eigenvalue weighted by Gasteiger charge is 2.19. The van der Waals surface area contributed by atoms with Crippen molar-refractivity contribution >= 4 is 52.6 Å². The molecule has 6 nitrogen and oxygen atoms in total. The first-order valence-corrected chi connectivity index (χ1v) is 8.23. The zero-order valence-electron chi connectivity index (χ0n) is 12.9. The second kappa shape index (κ2) is 10.4. The van der Waals surface area contributed by atoms with Crippen LogP contribution in [-0.2, 0) is 19.1 Å². The van der Waals surface area contributed by atoms with Crippen LogP contribution in [0, 0.1) is 0 Å². The predicted molar refractivity (Wildman–Crippen MR) is 90.6 cm³/mol. The van der Waals surface area contributed by atoms with Crippen molar-refractivity contribution < 1.29 is 23.9 Å². The Balaban J connectivity index is 2.38. The monoisotopic (exact) mass is 395 g/mol. The van der Waals surface area contributed by atoms with E-state index in [0.29, 0.717) is 13.0 Å². The molecule has 9 heteroatoms. The summed E-state index contributed by atoms with van der Waals surface area (Å²) in [6.45, 7) is 1.79. The zero-order valence-corrected chi connectivity index (χ0v) is 15.1. The molecule has 0 aliphatic carbocycles. The van der Waals surface area contributed by atoms with Crippen LogP contribution in [0.3, 0.4) is 0 Å². The standard InChI is InChI=1S/C15H16Cl3NO5/c1-2-23-12(21)4-3-7-19-11(20)8-24-15(22)13-9(16)5-6-10(17)14(13)18/h5-6H,2-4,7-8H2,1H3,(H,19,20). The van der Waals surface area contributed by atoms with Gasteiger partial charge in [-0.05, 0) is 25.5 Å². The van der Waals surface area contributed by atoms with E-state index in [1.54, 1.807) is 6.92 Å². The third kappa shape index (κ3) is 6.55. The van der Waals surface area contributed by atoms with Crippen molar-refractivity contribution in [2.24, 2.45) is 0 Å². The fraction of sp³-hybridized carbons (Fsp3) is 0.400. The van der Waals surface area contributed by atoms with Gasteiger partial charge in [0.1, 0.15) is 0 Å². The van der Waals surface area contributed by atoms with E-state index in [1.807, 2.05) is 0 Å². The number of amides is 1. The summed E-state index contributed by atoms with van der Waals surface area (Å²) in [6.07, 6.45) is 0.617. The molecule has 0 saturated heterocycles.